The Bertz CT molecular complexity index is 340. The molecule has 0 saturated carbocycles. The molecule has 0 aliphatic carbocycles. The van der Waals surface area contributed by atoms with Crippen molar-refractivity contribution in [1.82, 2.24) is 0 Å². The van der Waals surface area contributed by atoms with E-state index >= 15 is 0 Å². The van der Waals surface area contributed by atoms with Gasteiger partial charge in [-0.05, 0) is 0 Å². The van der Waals surface area contributed by atoms with Crippen molar-refractivity contribution in [3.63, 3.8) is 0 Å². The number of aliphatic carboxylic acids is 1. The maximum Gasteiger partial charge on any atom is 0.335 e. The lowest BCUT2D eigenvalue weighted by molar-refractivity contribution is -0.179. The molecule has 0 rings (SSSR count). The Morgan fingerprint density at radius 1 is 1.11 bits per heavy atom. The molecule has 0 aromatic rings. The highest BCUT2D eigenvalue weighted by atomic mass is 35.5. The maximum atomic E-state index is 11.5. The van der Waals surface area contributed by atoms with Crippen molar-refractivity contribution >= 4 is 35.0 Å². The summed E-state index contributed by atoms with van der Waals surface area (Å²) in [6.45, 7) is 2.67. The summed E-state index contributed by atoms with van der Waals surface area (Å²) in [5.74, 6) is -3.91. The smallest absolute Gasteiger partial charge is 0.335 e. The minimum Gasteiger partial charge on any atom is -0.479 e. The van der Waals surface area contributed by atoms with Crippen LogP contribution < -0.4 is 0 Å². The van der Waals surface area contributed by atoms with Gasteiger partial charge in [0.25, 0.3) is 0 Å². The van der Waals surface area contributed by atoms with Crippen LogP contribution >= 0.6 is 23.2 Å². The van der Waals surface area contributed by atoms with Crippen LogP contribution in [0.3, 0.4) is 0 Å². The van der Waals surface area contributed by atoms with Crippen LogP contribution in [0.5, 0.6) is 0 Å². The van der Waals surface area contributed by atoms with E-state index < -0.39 is 40.0 Å². The number of Topliss-reactive ketones (excluding diaryl/α,β-unsaturated/α-hetero) is 1. The number of aliphatic hydroxyl groups is 4. The normalized spacial score (nSPS) is 21.8. The first-order valence-corrected chi connectivity index (χ1v) is 5.58. The number of carbonyl (C=O) groups is 2. The molecule has 106 valence electrons. The van der Waals surface area contributed by atoms with Gasteiger partial charge in [-0.25, -0.2) is 4.79 Å². The third-order valence-electron chi connectivity index (χ3n) is 2.26. The molecule has 0 aliphatic heterocycles. The first kappa shape index (κ1) is 17.6. The topological polar surface area (TPSA) is 135 Å². The predicted molar refractivity (Wildman–Crippen MR) is 61.1 cm³/mol. The molecule has 0 saturated heterocycles. The number of halogens is 2. The molecule has 4 atom stereocenters. The molecule has 9 heteroatoms. The number of carboxylic acids is 1. The second-order valence-electron chi connectivity index (χ2n) is 4.04. The van der Waals surface area contributed by atoms with Crippen LogP contribution in [0.1, 0.15) is 13.8 Å². The van der Waals surface area contributed by atoms with Crippen molar-refractivity contribution < 1.29 is 35.1 Å². The molecule has 0 fully saturated rings. The molecular formula is C9H14Cl2O7. The van der Waals surface area contributed by atoms with E-state index in [1.54, 1.807) is 0 Å². The summed E-state index contributed by atoms with van der Waals surface area (Å²) in [5.41, 5.74) is 0. The van der Waals surface area contributed by atoms with Crippen LogP contribution in [0.4, 0.5) is 0 Å². The second kappa shape index (κ2) is 5.68. The zero-order valence-corrected chi connectivity index (χ0v) is 11.1. The van der Waals surface area contributed by atoms with Gasteiger partial charge in [0.15, 0.2) is 11.9 Å². The zero-order chi connectivity index (χ0) is 14.9. The average Bonchev–Trinajstić information content (AvgIpc) is 2.24. The number of rotatable bonds is 6. The van der Waals surface area contributed by atoms with Crippen LogP contribution in [-0.4, -0.2) is 59.6 Å². The molecule has 0 unspecified atom stereocenters. The number of alkyl halides is 2. The van der Waals surface area contributed by atoms with Gasteiger partial charge in [0.2, 0.25) is 10.1 Å². The van der Waals surface area contributed by atoms with Crippen LogP contribution in [0.25, 0.3) is 0 Å². The van der Waals surface area contributed by atoms with Crippen molar-refractivity contribution in [2.75, 3.05) is 0 Å². The molecule has 0 radical (unpaired) electrons. The fourth-order valence-corrected chi connectivity index (χ4v) is 1.64. The number of hydrogen-bond donors (Lipinski definition) is 5. The van der Waals surface area contributed by atoms with Gasteiger partial charge in [-0.1, -0.05) is 37.0 Å². The van der Waals surface area contributed by atoms with Crippen LogP contribution in [-0.2, 0) is 9.59 Å². The Kier molecular flexibility index (Phi) is 5.54. The number of aliphatic hydroxyl groups excluding tert-OH is 2. The Morgan fingerprint density at radius 2 is 1.50 bits per heavy atom. The molecule has 0 aromatic heterocycles. The quantitative estimate of drug-likeness (QED) is 0.392. The van der Waals surface area contributed by atoms with Gasteiger partial charge in [-0.15, -0.1) is 0 Å². The zero-order valence-electron chi connectivity index (χ0n) is 9.54. The molecular weight excluding hydrogens is 291 g/mol. The molecule has 0 spiro atoms. The highest BCUT2D eigenvalue weighted by Gasteiger charge is 2.60. The van der Waals surface area contributed by atoms with Gasteiger partial charge in [-0.2, -0.15) is 0 Å². The van der Waals surface area contributed by atoms with Gasteiger partial charge >= 0.3 is 5.97 Å². The van der Waals surface area contributed by atoms with E-state index in [4.69, 9.17) is 33.4 Å². The minimum atomic E-state index is -3.27. The predicted octanol–water partition coefficient (Wildman–Crippen LogP) is -1.13. The van der Waals surface area contributed by atoms with Gasteiger partial charge in [0.1, 0.15) is 6.10 Å². The largest absolute Gasteiger partial charge is 0.479 e. The lowest BCUT2D eigenvalue weighted by atomic mass is 9.93. The molecule has 5 N–H and O–H groups in total. The third-order valence-corrected chi connectivity index (χ3v) is 3.33. The first-order valence-electron chi connectivity index (χ1n) is 4.83. The third kappa shape index (κ3) is 3.11. The van der Waals surface area contributed by atoms with Crippen LogP contribution in [0.15, 0.2) is 0 Å². The summed E-state index contributed by atoms with van der Waals surface area (Å²) < 4.78 is 0. The number of hydrogen-bond acceptors (Lipinski definition) is 6. The Balaban J connectivity index is 5.36. The van der Waals surface area contributed by atoms with Gasteiger partial charge < -0.3 is 25.5 Å². The fourth-order valence-electron chi connectivity index (χ4n) is 1.10. The van der Waals surface area contributed by atoms with Crippen LogP contribution in [0.2, 0.25) is 0 Å². The summed E-state index contributed by atoms with van der Waals surface area (Å²) in [6.07, 6.45) is -5.11. The maximum absolute atomic E-state index is 11.5. The van der Waals surface area contributed by atoms with Crippen LogP contribution in [0, 0.1) is 5.92 Å². The molecule has 18 heavy (non-hydrogen) atoms. The second-order valence-corrected chi connectivity index (χ2v) is 5.17. The summed E-state index contributed by atoms with van der Waals surface area (Å²) >= 11 is 10.7. The van der Waals surface area contributed by atoms with E-state index in [1.807, 2.05) is 0 Å². The standard InChI is InChI=1S/C9H14Cl2O7/c1-3(2)5(13)8(10,17)9(11,18)6(14)4(12)7(15)16/h3-4,6,12,14,17-18H,1-2H3,(H,15,16)/t4-,6+,8-,9-/m0/s1. The summed E-state index contributed by atoms with van der Waals surface area (Å²) in [6, 6.07) is 0. The monoisotopic (exact) mass is 304 g/mol. The Hall–Kier alpha value is -0.440. The van der Waals surface area contributed by atoms with Gasteiger partial charge in [0.05, 0.1) is 0 Å². The highest BCUT2D eigenvalue weighted by Crippen LogP contribution is 2.37. The van der Waals surface area contributed by atoms with E-state index in [-0.39, 0.29) is 0 Å². The van der Waals surface area contributed by atoms with Gasteiger partial charge in [-0.3, -0.25) is 4.79 Å². The summed E-state index contributed by atoms with van der Waals surface area (Å²) in [5, 5.41) is 39.7. The van der Waals surface area contributed by atoms with E-state index in [1.165, 1.54) is 13.8 Å². The summed E-state index contributed by atoms with van der Waals surface area (Å²) in [4.78, 5) is 22.0. The first-order chi connectivity index (χ1) is 7.87. The fraction of sp³-hybridized carbons (Fsp3) is 0.778. The van der Waals surface area contributed by atoms with E-state index in [0.717, 1.165) is 0 Å². The molecule has 0 bridgehead atoms. The minimum absolute atomic E-state index is 0.855. The van der Waals surface area contributed by atoms with Crippen molar-refractivity contribution in [2.45, 2.75) is 36.2 Å². The van der Waals surface area contributed by atoms with Crippen molar-refractivity contribution in [3.8, 4) is 0 Å². The van der Waals surface area contributed by atoms with E-state index in [9.17, 15) is 24.9 Å². The van der Waals surface area contributed by atoms with Crippen molar-refractivity contribution in [1.29, 1.82) is 0 Å². The SMILES string of the molecule is CC(C)C(=O)[C@@](O)(Cl)[C@](O)(Cl)[C@H](O)[C@H](O)C(=O)O. The van der Waals surface area contributed by atoms with Gasteiger partial charge in [0, 0.05) is 5.92 Å². The lowest BCUT2D eigenvalue weighted by Crippen LogP contribution is -2.63. The van der Waals surface area contributed by atoms with E-state index in [0.29, 0.717) is 0 Å². The molecule has 0 aliphatic rings. The highest BCUT2D eigenvalue weighted by molar-refractivity contribution is 6.41. The average molecular weight is 305 g/mol. The Morgan fingerprint density at radius 3 is 1.78 bits per heavy atom. The summed E-state index contributed by atoms with van der Waals surface area (Å²) in [7, 11) is 0. The molecule has 7 nitrogen and oxygen atoms in total. The Labute approximate surface area is 113 Å². The van der Waals surface area contributed by atoms with Crippen molar-refractivity contribution in [2.24, 2.45) is 5.92 Å². The molecule has 0 aromatic carbocycles. The lowest BCUT2D eigenvalue weighted by Gasteiger charge is -2.37. The molecule has 0 heterocycles. The number of carboxylic acid groups (broad SMARTS) is 1. The number of carbonyl (C=O) groups excluding carboxylic acids is 1. The molecule has 0 amide bonds. The van der Waals surface area contributed by atoms with E-state index in [2.05, 4.69) is 0 Å². The number of ketones is 1. The van der Waals surface area contributed by atoms with Crippen molar-refractivity contribution in [3.05, 3.63) is 0 Å².